The average molecular weight is 404 g/mol. The number of fused-ring (bicyclic) bond motifs is 1. The molecule has 2 heterocycles. The Kier molecular flexibility index (Phi) is 7.14. The monoisotopic (exact) mass is 404 g/mol. The molecule has 2 fully saturated rings. The first-order chi connectivity index (χ1) is 13.1. The lowest BCUT2D eigenvalue weighted by Gasteiger charge is -2.36. The van der Waals surface area contributed by atoms with E-state index in [1.807, 2.05) is 4.90 Å². The molecule has 10 heteroatoms. The topological polar surface area (TPSA) is 70.1 Å². The van der Waals surface area contributed by atoms with E-state index < -0.39 is 12.1 Å². The summed E-state index contributed by atoms with van der Waals surface area (Å²) in [7, 11) is 0. The van der Waals surface area contributed by atoms with Gasteiger partial charge in [-0.15, -0.1) is 6.58 Å². The number of carbonyl (C=O) groups excluding carboxylic acids is 1. The van der Waals surface area contributed by atoms with Gasteiger partial charge < -0.3 is 14.7 Å². The Morgan fingerprint density at radius 1 is 1.29 bits per heavy atom. The molecular formula is C18H20F4N2O4. The van der Waals surface area contributed by atoms with Crippen molar-refractivity contribution in [3.05, 3.63) is 48.3 Å². The summed E-state index contributed by atoms with van der Waals surface area (Å²) in [5, 5.41) is 7.12. The van der Waals surface area contributed by atoms with Crippen molar-refractivity contribution in [3.63, 3.8) is 0 Å². The number of carboxylic acids is 1. The van der Waals surface area contributed by atoms with Crippen LogP contribution in [0.1, 0.15) is 5.56 Å². The van der Waals surface area contributed by atoms with Gasteiger partial charge >= 0.3 is 12.1 Å². The number of alkyl halides is 3. The normalized spacial score (nSPS) is 22.3. The number of halogens is 4. The van der Waals surface area contributed by atoms with Gasteiger partial charge in [-0.3, -0.25) is 9.69 Å². The molecule has 0 bridgehead atoms. The number of ether oxygens (including phenoxy) is 1. The quantitative estimate of drug-likeness (QED) is 0.615. The lowest BCUT2D eigenvalue weighted by molar-refractivity contribution is -0.192. The fourth-order valence-corrected chi connectivity index (χ4v) is 3.10. The number of morpholine rings is 1. The first kappa shape index (κ1) is 21.8. The SMILES string of the molecule is C=CCN1C(=O)CO[C@@H]2CN(Cc3ccc(F)cc3)C[C@H]21.O=C(O)C(F)(F)F. The molecule has 2 atom stereocenters. The van der Waals surface area contributed by atoms with Crippen molar-refractivity contribution in [2.75, 3.05) is 26.2 Å². The van der Waals surface area contributed by atoms with Gasteiger partial charge in [-0.2, -0.15) is 13.2 Å². The Balaban J connectivity index is 0.000000345. The van der Waals surface area contributed by atoms with Crippen LogP contribution < -0.4 is 0 Å². The van der Waals surface area contributed by atoms with Gasteiger partial charge in [0, 0.05) is 26.2 Å². The van der Waals surface area contributed by atoms with Crippen molar-refractivity contribution < 1.29 is 37.0 Å². The highest BCUT2D eigenvalue weighted by Gasteiger charge is 2.42. The molecule has 1 aromatic rings. The summed E-state index contributed by atoms with van der Waals surface area (Å²) < 4.78 is 50.3. The molecule has 0 aliphatic carbocycles. The summed E-state index contributed by atoms with van der Waals surface area (Å²) >= 11 is 0. The van der Waals surface area contributed by atoms with Gasteiger partial charge in [-0.1, -0.05) is 18.2 Å². The van der Waals surface area contributed by atoms with Crippen LogP contribution in [-0.2, 0) is 20.9 Å². The smallest absolute Gasteiger partial charge is 0.475 e. The van der Waals surface area contributed by atoms with E-state index in [4.69, 9.17) is 14.6 Å². The molecule has 28 heavy (non-hydrogen) atoms. The molecule has 2 aliphatic heterocycles. The third-order valence-corrected chi connectivity index (χ3v) is 4.34. The summed E-state index contributed by atoms with van der Waals surface area (Å²) in [6.07, 6.45) is -3.27. The second-order valence-electron chi connectivity index (χ2n) is 6.38. The fraction of sp³-hybridized carbons (Fsp3) is 0.444. The molecule has 1 amide bonds. The molecular weight excluding hydrogens is 384 g/mol. The van der Waals surface area contributed by atoms with Crippen molar-refractivity contribution in [2.24, 2.45) is 0 Å². The van der Waals surface area contributed by atoms with E-state index in [9.17, 15) is 22.4 Å². The minimum Gasteiger partial charge on any atom is -0.475 e. The van der Waals surface area contributed by atoms with Crippen LogP contribution in [0.2, 0.25) is 0 Å². The Labute approximate surface area is 159 Å². The Morgan fingerprint density at radius 2 is 1.89 bits per heavy atom. The first-order valence-corrected chi connectivity index (χ1v) is 8.40. The molecule has 1 aromatic carbocycles. The van der Waals surface area contributed by atoms with E-state index in [-0.39, 0.29) is 30.5 Å². The van der Waals surface area contributed by atoms with E-state index in [2.05, 4.69) is 11.5 Å². The number of aliphatic carboxylic acids is 1. The minimum absolute atomic E-state index is 0.0276. The highest BCUT2D eigenvalue weighted by Crippen LogP contribution is 2.24. The maximum absolute atomic E-state index is 12.9. The van der Waals surface area contributed by atoms with Crippen molar-refractivity contribution in [3.8, 4) is 0 Å². The largest absolute Gasteiger partial charge is 0.490 e. The minimum atomic E-state index is -5.08. The summed E-state index contributed by atoms with van der Waals surface area (Å²) in [5.41, 5.74) is 1.07. The summed E-state index contributed by atoms with van der Waals surface area (Å²) in [4.78, 5) is 24.9. The number of hydrogen-bond acceptors (Lipinski definition) is 4. The maximum Gasteiger partial charge on any atom is 0.490 e. The van der Waals surface area contributed by atoms with Gasteiger partial charge in [0.05, 0.1) is 12.1 Å². The third kappa shape index (κ3) is 5.77. The molecule has 0 saturated carbocycles. The lowest BCUT2D eigenvalue weighted by Crippen LogP contribution is -2.53. The van der Waals surface area contributed by atoms with Crippen LogP contribution >= 0.6 is 0 Å². The van der Waals surface area contributed by atoms with Gasteiger partial charge in [0.1, 0.15) is 12.4 Å². The second-order valence-corrected chi connectivity index (χ2v) is 6.38. The number of likely N-dealkylation sites (tertiary alicyclic amines) is 1. The highest BCUT2D eigenvalue weighted by molar-refractivity contribution is 5.79. The summed E-state index contributed by atoms with van der Waals surface area (Å²) in [6, 6.07) is 6.63. The van der Waals surface area contributed by atoms with Crippen LogP contribution in [0.3, 0.4) is 0 Å². The van der Waals surface area contributed by atoms with Crippen LogP contribution in [0.5, 0.6) is 0 Å². The Hall–Kier alpha value is -2.46. The van der Waals surface area contributed by atoms with Crippen LogP contribution in [0.15, 0.2) is 36.9 Å². The molecule has 0 spiro atoms. The number of carbonyl (C=O) groups is 2. The van der Waals surface area contributed by atoms with Gasteiger partial charge in [-0.25, -0.2) is 9.18 Å². The van der Waals surface area contributed by atoms with Crippen molar-refractivity contribution in [2.45, 2.75) is 24.9 Å². The molecule has 2 saturated heterocycles. The van der Waals surface area contributed by atoms with Crippen LogP contribution in [-0.4, -0.2) is 71.3 Å². The summed E-state index contributed by atoms with van der Waals surface area (Å²) in [6.45, 7) is 6.75. The zero-order chi connectivity index (χ0) is 20.9. The second kappa shape index (κ2) is 9.16. The summed E-state index contributed by atoms with van der Waals surface area (Å²) in [5.74, 6) is -2.95. The fourth-order valence-electron chi connectivity index (χ4n) is 3.10. The molecule has 2 aliphatic rings. The zero-order valence-corrected chi connectivity index (χ0v) is 14.9. The van der Waals surface area contributed by atoms with E-state index in [0.717, 1.165) is 25.2 Å². The average Bonchev–Trinajstić information content (AvgIpc) is 3.02. The molecule has 3 rings (SSSR count). The number of carboxylic acid groups (broad SMARTS) is 1. The lowest BCUT2D eigenvalue weighted by atomic mass is 10.1. The standard InChI is InChI=1S/C16H19FN2O2.C2HF3O2/c1-2-7-19-14-9-18(10-15(14)21-11-16(19)20)8-12-3-5-13(17)6-4-12;3-2(4,5)1(6)7/h2-6,14-15H,1,7-11H2;(H,6,7)/t14-,15-;/m1./s1. The number of hydrogen-bond donors (Lipinski definition) is 1. The van der Waals surface area contributed by atoms with Gasteiger partial charge in [0.2, 0.25) is 5.91 Å². The predicted octanol–water partition coefficient (Wildman–Crippen LogP) is 2.06. The third-order valence-electron chi connectivity index (χ3n) is 4.34. The zero-order valence-electron chi connectivity index (χ0n) is 14.9. The molecule has 1 N–H and O–H groups in total. The number of rotatable bonds is 4. The Morgan fingerprint density at radius 3 is 2.43 bits per heavy atom. The first-order valence-electron chi connectivity index (χ1n) is 8.40. The molecule has 0 radical (unpaired) electrons. The van der Waals surface area contributed by atoms with E-state index >= 15 is 0 Å². The van der Waals surface area contributed by atoms with E-state index in [0.29, 0.717) is 6.54 Å². The van der Waals surface area contributed by atoms with Crippen molar-refractivity contribution in [1.82, 2.24) is 9.80 Å². The highest BCUT2D eigenvalue weighted by atomic mass is 19.4. The van der Waals surface area contributed by atoms with Crippen molar-refractivity contribution in [1.29, 1.82) is 0 Å². The molecule has 154 valence electrons. The number of benzene rings is 1. The Bertz CT molecular complexity index is 709. The van der Waals surface area contributed by atoms with E-state index in [1.54, 1.807) is 18.2 Å². The molecule has 0 unspecified atom stereocenters. The van der Waals surface area contributed by atoms with Gasteiger partial charge in [-0.05, 0) is 17.7 Å². The van der Waals surface area contributed by atoms with Crippen LogP contribution in [0, 0.1) is 5.82 Å². The molecule has 0 aromatic heterocycles. The van der Waals surface area contributed by atoms with Crippen molar-refractivity contribution >= 4 is 11.9 Å². The van der Waals surface area contributed by atoms with E-state index in [1.165, 1.54) is 12.1 Å². The number of nitrogens with zero attached hydrogens (tertiary/aromatic N) is 2. The number of amides is 1. The van der Waals surface area contributed by atoms with Crippen LogP contribution in [0.4, 0.5) is 17.6 Å². The van der Waals surface area contributed by atoms with Gasteiger partial charge in [0.25, 0.3) is 0 Å². The van der Waals surface area contributed by atoms with Gasteiger partial charge in [0.15, 0.2) is 0 Å². The predicted molar refractivity (Wildman–Crippen MR) is 90.8 cm³/mol. The maximum atomic E-state index is 12.9. The molecule has 6 nitrogen and oxygen atoms in total. The van der Waals surface area contributed by atoms with Crippen LogP contribution in [0.25, 0.3) is 0 Å².